The van der Waals surface area contributed by atoms with Crippen LogP contribution in [0.2, 0.25) is 0 Å². The number of thioether (sulfide) groups is 1. The van der Waals surface area contributed by atoms with Crippen molar-refractivity contribution in [1.29, 1.82) is 0 Å². The van der Waals surface area contributed by atoms with Gasteiger partial charge >= 0.3 is 11.5 Å². The molecule has 0 saturated heterocycles. The van der Waals surface area contributed by atoms with Gasteiger partial charge in [0.05, 0.1) is 12.5 Å². The first kappa shape index (κ1) is 25.6. The number of benzene rings is 2. The molecule has 2 aliphatic carbocycles. The highest BCUT2D eigenvalue weighted by atomic mass is 32.2. The first-order valence-corrected chi connectivity index (χ1v) is 13.3. The Kier molecular flexibility index (Phi) is 6.95. The molecule has 1 aliphatic heterocycles. The molecule has 37 heavy (non-hydrogen) atoms. The molecule has 2 aromatic rings. The van der Waals surface area contributed by atoms with Gasteiger partial charge in [0.1, 0.15) is 0 Å². The second-order valence-electron chi connectivity index (χ2n) is 9.84. The number of alkyl halides is 3. The highest BCUT2D eigenvalue weighted by Crippen LogP contribution is 2.53. The van der Waals surface area contributed by atoms with Crippen LogP contribution in [0, 0.1) is 5.92 Å². The van der Waals surface area contributed by atoms with E-state index in [1.807, 2.05) is 29.2 Å². The monoisotopic (exact) mass is 532 g/mol. The maximum Gasteiger partial charge on any atom is 0.446 e. The Morgan fingerprint density at radius 2 is 1.68 bits per heavy atom. The predicted molar refractivity (Wildman–Crippen MR) is 132 cm³/mol. The minimum atomic E-state index is -4.40. The van der Waals surface area contributed by atoms with E-state index in [0.717, 1.165) is 37.7 Å². The van der Waals surface area contributed by atoms with E-state index in [9.17, 15) is 27.6 Å². The third-order valence-electron chi connectivity index (χ3n) is 7.42. The Morgan fingerprint density at radius 1 is 0.973 bits per heavy atom. The minimum absolute atomic E-state index is 0.00622. The van der Waals surface area contributed by atoms with Gasteiger partial charge in [0, 0.05) is 40.6 Å². The summed E-state index contributed by atoms with van der Waals surface area (Å²) in [7, 11) is 0. The maximum absolute atomic E-state index is 13.8. The van der Waals surface area contributed by atoms with Gasteiger partial charge in [0.25, 0.3) is 5.91 Å². The van der Waals surface area contributed by atoms with E-state index in [0.29, 0.717) is 11.3 Å². The normalized spacial score (nSPS) is 22.8. The average molecular weight is 533 g/mol. The molecule has 0 spiro atoms. The fourth-order valence-corrected chi connectivity index (χ4v) is 6.40. The number of carbonyl (C=O) groups excluding carboxylic acids is 2. The topological polar surface area (TPSA) is 77.9 Å². The number of carbonyl (C=O) groups is 3. The van der Waals surface area contributed by atoms with Gasteiger partial charge in [-0.3, -0.25) is 14.4 Å². The molecule has 0 aromatic heterocycles. The molecule has 1 N–H and O–H groups in total. The van der Waals surface area contributed by atoms with Crippen molar-refractivity contribution in [3.63, 3.8) is 0 Å². The largest absolute Gasteiger partial charge is 0.481 e. The molecule has 3 atom stereocenters. The molecule has 3 aliphatic rings. The van der Waals surface area contributed by atoms with Crippen molar-refractivity contribution in [2.75, 3.05) is 4.90 Å². The van der Waals surface area contributed by atoms with Crippen LogP contribution in [0.5, 0.6) is 0 Å². The van der Waals surface area contributed by atoms with Gasteiger partial charge in [0.15, 0.2) is 0 Å². The number of hydrogen-bond acceptors (Lipinski definition) is 4. The highest BCUT2D eigenvalue weighted by Gasteiger charge is 2.51. The summed E-state index contributed by atoms with van der Waals surface area (Å²) in [4.78, 5) is 41.9. The standard InChI is InChI=1S/C27H27F3N2O4S/c28-27(29,30)37-18-12-8-16(9-13-18)26(36)32-21-6-2-1-4-19(21)25(20-5-3-7-22(20)32)31(17-10-11-17)23(33)14-15-24(34)35/h1-2,4,6,8-9,12-13,17,20,22,25H,3,5,7,10-11,14-15H2,(H,34,35). The first-order chi connectivity index (χ1) is 17.6. The molecule has 1 heterocycles. The van der Waals surface area contributed by atoms with Crippen LogP contribution in [0.25, 0.3) is 0 Å². The summed E-state index contributed by atoms with van der Waals surface area (Å²) in [6.45, 7) is 0. The van der Waals surface area contributed by atoms with Crippen molar-refractivity contribution in [2.45, 2.75) is 73.5 Å². The lowest BCUT2D eigenvalue weighted by molar-refractivity contribution is -0.142. The number of anilines is 1. The quantitative estimate of drug-likeness (QED) is 0.441. The number of carboxylic acids is 1. The molecule has 2 aromatic carbocycles. The number of amides is 2. The van der Waals surface area contributed by atoms with E-state index in [4.69, 9.17) is 5.11 Å². The number of halogens is 3. The summed E-state index contributed by atoms with van der Waals surface area (Å²) in [6.07, 6.45) is 3.92. The molecule has 2 fully saturated rings. The number of carboxylic acid groups (broad SMARTS) is 1. The van der Waals surface area contributed by atoms with Crippen LogP contribution in [0.15, 0.2) is 53.4 Å². The van der Waals surface area contributed by atoms with Gasteiger partial charge in [-0.05, 0) is 73.3 Å². The molecule has 3 unspecified atom stereocenters. The van der Waals surface area contributed by atoms with E-state index in [1.54, 1.807) is 4.90 Å². The lowest BCUT2D eigenvalue weighted by Gasteiger charge is -2.48. The smallest absolute Gasteiger partial charge is 0.446 e. The molecular weight excluding hydrogens is 505 g/mol. The summed E-state index contributed by atoms with van der Waals surface area (Å²) in [5.41, 5.74) is -2.54. The third-order valence-corrected chi connectivity index (χ3v) is 8.16. The third kappa shape index (κ3) is 5.35. The zero-order valence-electron chi connectivity index (χ0n) is 20.0. The van der Waals surface area contributed by atoms with Crippen molar-refractivity contribution < 1.29 is 32.7 Å². The summed E-state index contributed by atoms with van der Waals surface area (Å²) >= 11 is -0.218. The fraction of sp³-hybridized carbons (Fsp3) is 0.444. The zero-order valence-corrected chi connectivity index (χ0v) is 20.8. The summed E-state index contributed by atoms with van der Waals surface area (Å²) in [5.74, 6) is -1.47. The van der Waals surface area contributed by atoms with Gasteiger partial charge in [0.2, 0.25) is 5.91 Å². The van der Waals surface area contributed by atoms with E-state index in [-0.39, 0.29) is 65.4 Å². The Balaban J connectivity index is 1.49. The molecular formula is C27H27F3N2O4S. The molecule has 5 rings (SSSR count). The molecule has 2 saturated carbocycles. The Morgan fingerprint density at radius 3 is 2.32 bits per heavy atom. The van der Waals surface area contributed by atoms with Crippen LogP contribution in [0.4, 0.5) is 18.9 Å². The Hall–Kier alpha value is -3.01. The highest BCUT2D eigenvalue weighted by molar-refractivity contribution is 8.00. The molecule has 196 valence electrons. The van der Waals surface area contributed by atoms with Crippen molar-refractivity contribution >= 4 is 35.2 Å². The SMILES string of the molecule is O=C(O)CCC(=O)N(C1CC1)C1c2ccccc2N(C(=O)c2ccc(SC(F)(F)F)cc2)C2CCCC21. The fourth-order valence-electron chi connectivity index (χ4n) is 5.86. The number of aliphatic carboxylic acids is 1. The van der Waals surface area contributed by atoms with E-state index in [1.165, 1.54) is 24.3 Å². The number of para-hydroxylation sites is 1. The lowest BCUT2D eigenvalue weighted by atomic mass is 9.81. The van der Waals surface area contributed by atoms with Gasteiger partial charge in [-0.25, -0.2) is 0 Å². The lowest BCUT2D eigenvalue weighted by Crippen LogP contribution is -2.52. The number of nitrogens with zero attached hydrogens (tertiary/aromatic N) is 2. The second kappa shape index (κ2) is 10.0. The average Bonchev–Trinajstić information content (AvgIpc) is 3.57. The van der Waals surface area contributed by atoms with E-state index < -0.39 is 11.5 Å². The first-order valence-electron chi connectivity index (χ1n) is 12.5. The van der Waals surface area contributed by atoms with Crippen molar-refractivity contribution in [1.82, 2.24) is 4.90 Å². The number of fused-ring (bicyclic) bond motifs is 2. The minimum Gasteiger partial charge on any atom is -0.481 e. The molecule has 2 amide bonds. The van der Waals surface area contributed by atoms with Gasteiger partial charge in [-0.1, -0.05) is 24.6 Å². The van der Waals surface area contributed by atoms with Crippen LogP contribution >= 0.6 is 11.8 Å². The van der Waals surface area contributed by atoms with Crippen LogP contribution in [-0.2, 0) is 9.59 Å². The summed E-state index contributed by atoms with van der Waals surface area (Å²) in [5, 5.41) is 9.12. The number of hydrogen-bond donors (Lipinski definition) is 1. The number of rotatable bonds is 7. The maximum atomic E-state index is 13.8. The molecule has 10 heteroatoms. The predicted octanol–water partition coefficient (Wildman–Crippen LogP) is 6.02. The molecule has 0 radical (unpaired) electrons. The van der Waals surface area contributed by atoms with Crippen LogP contribution < -0.4 is 4.90 Å². The zero-order chi connectivity index (χ0) is 26.3. The van der Waals surface area contributed by atoms with Gasteiger partial charge < -0.3 is 14.9 Å². The second-order valence-corrected chi connectivity index (χ2v) is 11.0. The molecule has 6 nitrogen and oxygen atoms in total. The summed E-state index contributed by atoms with van der Waals surface area (Å²) in [6, 6.07) is 12.6. The molecule has 0 bridgehead atoms. The van der Waals surface area contributed by atoms with Crippen LogP contribution in [-0.4, -0.2) is 45.4 Å². The van der Waals surface area contributed by atoms with Crippen molar-refractivity contribution in [2.24, 2.45) is 5.92 Å². The Labute approximate surface area is 216 Å². The van der Waals surface area contributed by atoms with Gasteiger partial charge in [-0.2, -0.15) is 13.2 Å². The Bertz CT molecular complexity index is 1200. The van der Waals surface area contributed by atoms with Crippen LogP contribution in [0.3, 0.4) is 0 Å². The van der Waals surface area contributed by atoms with E-state index in [2.05, 4.69) is 0 Å². The van der Waals surface area contributed by atoms with Crippen LogP contribution in [0.1, 0.15) is 66.9 Å². The van der Waals surface area contributed by atoms with Crippen molar-refractivity contribution in [3.8, 4) is 0 Å². The summed E-state index contributed by atoms with van der Waals surface area (Å²) < 4.78 is 38.2. The van der Waals surface area contributed by atoms with E-state index >= 15 is 0 Å². The van der Waals surface area contributed by atoms with Crippen molar-refractivity contribution in [3.05, 3.63) is 59.7 Å². The van der Waals surface area contributed by atoms with Gasteiger partial charge in [-0.15, -0.1) is 0 Å².